The highest BCUT2D eigenvalue weighted by Gasteiger charge is 2.26. The van der Waals surface area contributed by atoms with Gasteiger partial charge in [-0.3, -0.25) is 0 Å². The Morgan fingerprint density at radius 2 is 1.90 bits per heavy atom. The Balaban J connectivity index is 2.31. The molecule has 2 rings (SSSR count). The molecule has 5 heteroatoms. The molecule has 0 aliphatic heterocycles. The van der Waals surface area contributed by atoms with Crippen molar-refractivity contribution in [1.29, 1.82) is 0 Å². The lowest BCUT2D eigenvalue weighted by atomic mass is 9.92. The van der Waals surface area contributed by atoms with Crippen LogP contribution in [0.2, 0.25) is 0 Å². The molecule has 1 unspecified atom stereocenters. The van der Waals surface area contributed by atoms with Crippen molar-refractivity contribution in [3.05, 3.63) is 58.3 Å². The molecule has 0 saturated heterocycles. The van der Waals surface area contributed by atoms with Crippen molar-refractivity contribution < 1.29 is 14.2 Å². The zero-order chi connectivity index (χ0) is 15.5. The number of benzene rings is 2. The van der Waals surface area contributed by atoms with Crippen LogP contribution in [-0.2, 0) is 5.54 Å². The summed E-state index contributed by atoms with van der Waals surface area (Å²) in [5.41, 5.74) is 0.693. The van der Waals surface area contributed by atoms with Crippen molar-refractivity contribution in [3.63, 3.8) is 0 Å². The molecule has 0 heterocycles. The first-order valence-electron chi connectivity index (χ1n) is 6.47. The van der Waals surface area contributed by atoms with Crippen LogP contribution in [-0.4, -0.2) is 18.8 Å². The van der Waals surface area contributed by atoms with E-state index in [0.29, 0.717) is 5.56 Å². The lowest BCUT2D eigenvalue weighted by Crippen LogP contribution is -2.36. The highest BCUT2D eigenvalue weighted by atomic mass is 79.9. The topological polar surface area (TPSA) is 41.5 Å². The smallest absolute Gasteiger partial charge is 0.165 e. The number of ether oxygens (including phenoxy) is 1. The summed E-state index contributed by atoms with van der Waals surface area (Å²) in [6.45, 7) is 1.64. The molecule has 0 saturated carbocycles. The molecule has 0 amide bonds. The molecule has 112 valence electrons. The van der Waals surface area contributed by atoms with E-state index >= 15 is 0 Å². The highest BCUT2D eigenvalue weighted by molar-refractivity contribution is 9.10. The number of halogens is 2. The molecule has 0 aromatic heterocycles. The van der Waals surface area contributed by atoms with Crippen molar-refractivity contribution in [3.8, 4) is 5.75 Å². The molecule has 0 aliphatic carbocycles. The minimum Gasteiger partial charge on any atom is -0.494 e. The molecule has 2 aromatic rings. The number of aliphatic hydroxyl groups is 1. The quantitative estimate of drug-likeness (QED) is 0.855. The number of rotatable bonds is 5. The fourth-order valence-corrected chi connectivity index (χ4v) is 2.33. The maximum atomic E-state index is 13.9. The van der Waals surface area contributed by atoms with Crippen LogP contribution in [0, 0.1) is 5.82 Å². The molecule has 0 spiro atoms. The molecule has 2 N–H and O–H groups in total. The van der Waals surface area contributed by atoms with Gasteiger partial charge in [0.1, 0.15) is 0 Å². The number of hydrogen-bond acceptors (Lipinski definition) is 3. The molecule has 0 bridgehead atoms. The van der Waals surface area contributed by atoms with Gasteiger partial charge in [-0.05, 0) is 48.9 Å². The van der Waals surface area contributed by atoms with E-state index < -0.39 is 11.4 Å². The summed E-state index contributed by atoms with van der Waals surface area (Å²) in [6.07, 6.45) is 0. The molecule has 1 atom stereocenters. The van der Waals surface area contributed by atoms with Crippen LogP contribution >= 0.6 is 15.9 Å². The van der Waals surface area contributed by atoms with Crippen molar-refractivity contribution >= 4 is 21.6 Å². The van der Waals surface area contributed by atoms with E-state index in [9.17, 15) is 9.50 Å². The lowest BCUT2D eigenvalue weighted by molar-refractivity contribution is 0.223. The Morgan fingerprint density at radius 1 is 1.24 bits per heavy atom. The van der Waals surface area contributed by atoms with E-state index in [-0.39, 0.29) is 12.4 Å². The predicted octanol–water partition coefficient (Wildman–Crippen LogP) is 3.92. The van der Waals surface area contributed by atoms with Gasteiger partial charge in [0.25, 0.3) is 0 Å². The molecular weight excluding hydrogens is 337 g/mol. The summed E-state index contributed by atoms with van der Waals surface area (Å²) in [5, 5.41) is 13.0. The molecule has 0 radical (unpaired) electrons. The van der Waals surface area contributed by atoms with Crippen LogP contribution in [0.5, 0.6) is 5.75 Å². The van der Waals surface area contributed by atoms with Gasteiger partial charge in [-0.15, -0.1) is 0 Å². The Bertz CT molecular complexity index is 618. The Labute approximate surface area is 131 Å². The Kier molecular flexibility index (Phi) is 4.85. The van der Waals surface area contributed by atoms with Gasteiger partial charge in [-0.1, -0.05) is 22.0 Å². The van der Waals surface area contributed by atoms with Gasteiger partial charge in [0.2, 0.25) is 0 Å². The van der Waals surface area contributed by atoms with Gasteiger partial charge >= 0.3 is 0 Å². The van der Waals surface area contributed by atoms with Crippen LogP contribution in [0.15, 0.2) is 46.9 Å². The number of nitrogens with one attached hydrogen (secondary N) is 1. The molecule has 0 aliphatic rings. The summed E-state index contributed by atoms with van der Waals surface area (Å²) in [4.78, 5) is 0. The largest absolute Gasteiger partial charge is 0.494 e. The van der Waals surface area contributed by atoms with Gasteiger partial charge in [0.15, 0.2) is 11.6 Å². The van der Waals surface area contributed by atoms with E-state index in [1.165, 1.54) is 13.2 Å². The Morgan fingerprint density at radius 3 is 2.43 bits per heavy atom. The summed E-state index contributed by atoms with van der Waals surface area (Å²) < 4.78 is 19.7. The zero-order valence-corrected chi connectivity index (χ0v) is 13.4. The second kappa shape index (κ2) is 6.45. The SMILES string of the molecule is COc1ccc(C(C)(CO)Nc2ccc(Br)cc2)cc1F. The van der Waals surface area contributed by atoms with E-state index in [2.05, 4.69) is 21.2 Å². The second-order valence-corrected chi connectivity index (χ2v) is 5.89. The summed E-state index contributed by atoms with van der Waals surface area (Å²) in [5.74, 6) is -0.269. The first-order valence-corrected chi connectivity index (χ1v) is 7.26. The van der Waals surface area contributed by atoms with Gasteiger partial charge in [0.05, 0.1) is 19.3 Å². The van der Waals surface area contributed by atoms with E-state index in [1.807, 2.05) is 31.2 Å². The maximum absolute atomic E-state index is 13.9. The normalized spacial score (nSPS) is 13.6. The lowest BCUT2D eigenvalue weighted by Gasteiger charge is -2.31. The number of anilines is 1. The van der Waals surface area contributed by atoms with Crippen LogP contribution in [0.3, 0.4) is 0 Å². The standard InChI is InChI=1S/C16H17BrFNO2/c1-16(10-20,19-13-6-4-12(17)5-7-13)11-3-8-15(21-2)14(18)9-11/h3-9,19-20H,10H2,1-2H3. The van der Waals surface area contributed by atoms with Crippen LogP contribution in [0.25, 0.3) is 0 Å². The molecule has 3 nitrogen and oxygen atoms in total. The average molecular weight is 354 g/mol. The van der Waals surface area contributed by atoms with Crippen LogP contribution < -0.4 is 10.1 Å². The number of hydrogen-bond donors (Lipinski definition) is 2. The van der Waals surface area contributed by atoms with Crippen molar-refractivity contribution in [2.75, 3.05) is 19.0 Å². The predicted molar refractivity (Wildman–Crippen MR) is 85.2 cm³/mol. The van der Waals surface area contributed by atoms with Crippen LogP contribution in [0.4, 0.5) is 10.1 Å². The number of methoxy groups -OCH3 is 1. The van der Waals surface area contributed by atoms with Gasteiger partial charge in [-0.25, -0.2) is 4.39 Å². The summed E-state index contributed by atoms with van der Waals surface area (Å²) in [7, 11) is 1.42. The Hall–Kier alpha value is -1.59. The fourth-order valence-electron chi connectivity index (χ4n) is 2.06. The van der Waals surface area contributed by atoms with E-state index in [1.54, 1.807) is 12.1 Å². The van der Waals surface area contributed by atoms with E-state index in [0.717, 1.165) is 10.2 Å². The first kappa shape index (κ1) is 15.8. The summed E-state index contributed by atoms with van der Waals surface area (Å²) >= 11 is 3.37. The van der Waals surface area contributed by atoms with Crippen molar-refractivity contribution in [2.45, 2.75) is 12.5 Å². The minimum atomic E-state index is -0.791. The van der Waals surface area contributed by atoms with Gasteiger partial charge in [-0.2, -0.15) is 0 Å². The summed E-state index contributed by atoms with van der Waals surface area (Å²) in [6, 6.07) is 12.2. The third kappa shape index (κ3) is 3.54. The highest BCUT2D eigenvalue weighted by Crippen LogP contribution is 2.29. The van der Waals surface area contributed by atoms with Crippen molar-refractivity contribution in [1.82, 2.24) is 0 Å². The van der Waals surface area contributed by atoms with Crippen molar-refractivity contribution in [2.24, 2.45) is 0 Å². The maximum Gasteiger partial charge on any atom is 0.165 e. The minimum absolute atomic E-state index is 0.172. The van der Waals surface area contributed by atoms with E-state index in [4.69, 9.17) is 4.74 Å². The third-order valence-electron chi connectivity index (χ3n) is 3.37. The fraction of sp³-hybridized carbons (Fsp3) is 0.250. The number of aliphatic hydroxyl groups excluding tert-OH is 1. The average Bonchev–Trinajstić information content (AvgIpc) is 2.49. The molecule has 21 heavy (non-hydrogen) atoms. The second-order valence-electron chi connectivity index (χ2n) is 4.97. The molecule has 0 fully saturated rings. The molecular formula is C16H17BrFNO2. The third-order valence-corrected chi connectivity index (χ3v) is 3.90. The first-order chi connectivity index (χ1) is 9.98. The molecule has 2 aromatic carbocycles. The monoisotopic (exact) mass is 353 g/mol. The zero-order valence-electron chi connectivity index (χ0n) is 11.9. The van der Waals surface area contributed by atoms with Crippen LogP contribution in [0.1, 0.15) is 12.5 Å². The van der Waals surface area contributed by atoms with Gasteiger partial charge in [0, 0.05) is 10.2 Å². The van der Waals surface area contributed by atoms with Gasteiger partial charge < -0.3 is 15.2 Å².